The maximum absolute atomic E-state index is 12.4. The number of allylic oxidation sites excluding steroid dienone is 2. The lowest BCUT2D eigenvalue weighted by molar-refractivity contribution is -0.122. The molecule has 6 N–H and O–H groups in total. The highest BCUT2D eigenvalue weighted by atomic mass is 16.5. The Labute approximate surface area is 493 Å². The number of methoxy groups -OCH3 is 3. The van der Waals surface area contributed by atoms with E-state index in [-0.39, 0.29) is 47.0 Å². The molecule has 0 aromatic heterocycles. The Hall–Kier alpha value is -6.16. The molecule has 0 aliphatic carbocycles. The Morgan fingerprint density at radius 3 is 0.963 bits per heavy atom. The molecule has 20 nitrogen and oxygen atoms in total. The van der Waals surface area contributed by atoms with Crippen molar-refractivity contribution in [1.82, 2.24) is 31.9 Å². The minimum Gasteiger partial charge on any atom is -0.382 e. The number of hydrogen-bond acceptors (Lipinski definition) is 14. The predicted molar refractivity (Wildman–Crippen MR) is 329 cm³/mol. The van der Waals surface area contributed by atoms with E-state index in [4.69, 9.17) is 28.4 Å². The first-order valence-electron chi connectivity index (χ1n) is 28.4. The van der Waals surface area contributed by atoms with Crippen molar-refractivity contribution in [3.05, 3.63) is 101 Å². The third-order valence-electron chi connectivity index (χ3n) is 11.1. The minimum atomic E-state index is -0.663. The van der Waals surface area contributed by atoms with E-state index in [9.17, 15) is 38.4 Å². The quantitative estimate of drug-likeness (QED) is 0.0256. The van der Waals surface area contributed by atoms with Crippen LogP contribution in [0.2, 0.25) is 0 Å². The van der Waals surface area contributed by atoms with Crippen molar-refractivity contribution in [2.75, 3.05) is 107 Å². The molecule has 0 aliphatic rings. The molecule has 6 amide bonds. The summed E-state index contributed by atoms with van der Waals surface area (Å²) in [4.78, 5) is 88.7. The van der Waals surface area contributed by atoms with Gasteiger partial charge in [0.2, 0.25) is 35.4 Å². The average molecular weight is 1160 g/mol. The summed E-state index contributed by atoms with van der Waals surface area (Å²) in [5, 5.41) is 16.7. The Morgan fingerprint density at radius 2 is 0.646 bits per heavy atom. The Morgan fingerprint density at radius 1 is 0.341 bits per heavy atom. The molecule has 0 rings (SSSR count). The highest BCUT2D eigenvalue weighted by Gasteiger charge is 2.32. The van der Waals surface area contributed by atoms with Crippen LogP contribution >= 0.6 is 0 Å². The van der Waals surface area contributed by atoms with Gasteiger partial charge in [-0.2, -0.15) is 0 Å². The fourth-order valence-electron chi connectivity index (χ4n) is 6.85. The Kier molecular flexibility index (Phi) is 66.1. The van der Waals surface area contributed by atoms with Crippen LogP contribution in [0.15, 0.2) is 101 Å². The van der Waals surface area contributed by atoms with Crippen molar-refractivity contribution in [3.63, 3.8) is 0 Å². The SMILES string of the molecule is C=CC(=O)CCCC.C=CC(=O)CCCCOCCCC(CCCOCCCNC(=O)C=C)(CCCOCCCNC(=O)C=C)NC(=O)C=C.C=CC(=O)NC(COC)(COC)COC.C=CC(=O)NCCC.C=CC(=O)NCCCC. The number of ether oxygens (including phenoxy) is 6. The van der Waals surface area contributed by atoms with Crippen molar-refractivity contribution >= 4 is 47.0 Å². The van der Waals surface area contributed by atoms with Crippen LogP contribution in [0.4, 0.5) is 0 Å². The standard InChI is InChI=1S/C32H53N3O7.C10H19NO4.C7H13NO.C7H12O.C6H11NO/c1-5-28(36)16-9-10-22-40-23-11-17-32(35-31(39)8-4,18-12-24-41-26-14-20-33-29(37)6-2)19-13-25-42-27-15-21-34-30(38)7-3;1-5-9(12)11-10(6-13-2,7-14-3)8-15-4;1-3-5-6-8-7(9)4-2;1-3-5-6-7(8)4-2;1-3-5-7-6(8)4-2/h5-8H,1-4,9-27H2,(H,33,37)(H,34,38)(H,35,39);5H,1,6-8H2,2-4H3,(H,11,12);4H,2-3,5-6H2,1H3,(H,8,9);4H,2-3,5-6H2,1H3;4H,2-3,5H2,1H3,(H,7,8). The summed E-state index contributed by atoms with van der Waals surface area (Å²) >= 11 is 0. The van der Waals surface area contributed by atoms with Gasteiger partial charge in [0, 0.05) is 106 Å². The first-order valence-corrected chi connectivity index (χ1v) is 28.4. The summed E-state index contributed by atoms with van der Waals surface area (Å²) < 4.78 is 32.5. The molecule has 0 aliphatic heterocycles. The Balaban J connectivity index is -0.000000393. The molecule has 0 atom stereocenters. The van der Waals surface area contributed by atoms with Crippen molar-refractivity contribution < 1.29 is 66.8 Å². The molecule has 0 heterocycles. The van der Waals surface area contributed by atoms with Crippen LogP contribution in [0.25, 0.3) is 0 Å². The van der Waals surface area contributed by atoms with E-state index in [1.54, 1.807) is 21.3 Å². The molecule has 0 aromatic carbocycles. The van der Waals surface area contributed by atoms with Gasteiger partial charge in [0.05, 0.1) is 19.8 Å². The molecule has 0 unspecified atom stereocenters. The second-order valence-corrected chi connectivity index (χ2v) is 18.3. The van der Waals surface area contributed by atoms with Gasteiger partial charge in [0.25, 0.3) is 0 Å². The lowest BCUT2D eigenvalue weighted by Crippen LogP contribution is -2.57. The van der Waals surface area contributed by atoms with Crippen LogP contribution in [0.1, 0.15) is 130 Å². The minimum absolute atomic E-state index is 0.0460. The maximum Gasteiger partial charge on any atom is 0.244 e. The number of unbranched alkanes of at least 4 members (excludes halogenated alkanes) is 3. The molecule has 0 fully saturated rings. The second-order valence-electron chi connectivity index (χ2n) is 18.3. The van der Waals surface area contributed by atoms with E-state index in [2.05, 4.69) is 98.4 Å². The smallest absolute Gasteiger partial charge is 0.244 e. The van der Waals surface area contributed by atoms with E-state index in [0.29, 0.717) is 98.2 Å². The van der Waals surface area contributed by atoms with Gasteiger partial charge < -0.3 is 60.3 Å². The van der Waals surface area contributed by atoms with E-state index >= 15 is 0 Å². The number of rotatable bonds is 49. The van der Waals surface area contributed by atoms with Crippen LogP contribution in [-0.2, 0) is 66.8 Å². The monoisotopic (exact) mass is 1160 g/mol. The van der Waals surface area contributed by atoms with Crippen LogP contribution in [0, 0.1) is 0 Å². The number of ketones is 2. The van der Waals surface area contributed by atoms with Crippen LogP contribution in [0.5, 0.6) is 0 Å². The van der Waals surface area contributed by atoms with E-state index < -0.39 is 11.1 Å². The molecular weight excluding hydrogens is 1050 g/mol. The average Bonchev–Trinajstić information content (AvgIpc) is 3.54. The first-order chi connectivity index (χ1) is 39.4. The van der Waals surface area contributed by atoms with Crippen molar-refractivity contribution in [2.45, 2.75) is 141 Å². The molecule has 82 heavy (non-hydrogen) atoms. The van der Waals surface area contributed by atoms with Gasteiger partial charge >= 0.3 is 0 Å². The van der Waals surface area contributed by atoms with E-state index in [0.717, 1.165) is 96.6 Å². The number of nitrogens with one attached hydrogen (secondary N) is 6. The summed E-state index contributed by atoms with van der Waals surface area (Å²) in [7, 11) is 4.67. The van der Waals surface area contributed by atoms with Crippen LogP contribution in [0.3, 0.4) is 0 Å². The van der Waals surface area contributed by atoms with Gasteiger partial charge in [-0.3, -0.25) is 38.4 Å². The third kappa shape index (κ3) is 59.9. The normalized spacial score (nSPS) is 10.2. The van der Waals surface area contributed by atoms with Gasteiger partial charge in [-0.1, -0.05) is 86.2 Å². The molecular formula is C62H108N6O14. The lowest BCUT2D eigenvalue weighted by Gasteiger charge is -2.35. The molecule has 0 bridgehead atoms. The topological polar surface area (TPSA) is 264 Å². The van der Waals surface area contributed by atoms with Gasteiger partial charge in [-0.05, 0) is 132 Å². The summed E-state index contributed by atoms with van der Waals surface area (Å²) in [5.74, 6) is -0.866. The molecule has 0 saturated carbocycles. The fourth-order valence-corrected chi connectivity index (χ4v) is 6.85. The van der Waals surface area contributed by atoms with Crippen molar-refractivity contribution in [1.29, 1.82) is 0 Å². The zero-order valence-electron chi connectivity index (χ0n) is 51.2. The highest BCUT2D eigenvalue weighted by molar-refractivity contribution is 5.90. The molecule has 0 aromatic rings. The summed E-state index contributed by atoms with van der Waals surface area (Å²) in [6, 6.07) is 0. The first kappa shape index (κ1) is 84.6. The largest absolute Gasteiger partial charge is 0.382 e. The van der Waals surface area contributed by atoms with E-state index in [1.165, 1.54) is 48.6 Å². The van der Waals surface area contributed by atoms with Crippen molar-refractivity contribution in [3.8, 4) is 0 Å². The highest BCUT2D eigenvalue weighted by Crippen LogP contribution is 2.26. The number of amides is 6. The Bertz CT molecular complexity index is 1660. The maximum atomic E-state index is 12.4. The number of carbonyl (C=O) groups is 8. The zero-order chi connectivity index (χ0) is 63.0. The molecule has 470 valence electrons. The number of hydrogen-bond donors (Lipinski definition) is 6. The lowest BCUT2D eigenvalue weighted by atomic mass is 9.83. The van der Waals surface area contributed by atoms with Crippen LogP contribution < -0.4 is 31.9 Å². The van der Waals surface area contributed by atoms with Crippen molar-refractivity contribution in [2.24, 2.45) is 0 Å². The van der Waals surface area contributed by atoms with Gasteiger partial charge in [-0.25, -0.2) is 0 Å². The molecule has 0 radical (unpaired) electrons. The molecule has 0 saturated heterocycles. The van der Waals surface area contributed by atoms with Crippen LogP contribution in [-0.4, -0.2) is 165 Å². The van der Waals surface area contributed by atoms with Gasteiger partial charge in [0.15, 0.2) is 11.6 Å². The fraction of sp³-hybridized carbons (Fsp3) is 0.613. The summed E-state index contributed by atoms with van der Waals surface area (Å²) in [6.45, 7) is 40.3. The summed E-state index contributed by atoms with van der Waals surface area (Å²) in [6.07, 6.45) is 24.0. The zero-order valence-corrected chi connectivity index (χ0v) is 51.2. The second kappa shape index (κ2) is 64.0. The summed E-state index contributed by atoms with van der Waals surface area (Å²) in [5.41, 5.74) is -1.13. The van der Waals surface area contributed by atoms with E-state index in [1.807, 2.05) is 6.92 Å². The number of carbonyl (C=O) groups excluding carboxylic acids is 8. The molecule has 0 spiro atoms. The predicted octanol–water partition coefficient (Wildman–Crippen LogP) is 7.41. The van der Waals surface area contributed by atoms with Gasteiger partial charge in [0.1, 0.15) is 5.54 Å². The third-order valence-corrected chi connectivity index (χ3v) is 11.1. The molecule has 20 heteroatoms. The van der Waals surface area contributed by atoms with Gasteiger partial charge in [-0.15, -0.1) is 0 Å².